The summed E-state index contributed by atoms with van der Waals surface area (Å²) < 4.78 is 0. The molecule has 1 aromatic carbocycles. The van der Waals surface area contributed by atoms with Crippen molar-refractivity contribution in [1.82, 2.24) is 4.90 Å². The number of rotatable bonds is 5. The monoisotopic (exact) mass is 278 g/mol. The number of halogens is 1. The Morgan fingerprint density at radius 1 is 1.26 bits per heavy atom. The topological polar surface area (TPSA) is 49.4 Å². The highest BCUT2D eigenvalue weighted by atomic mass is 35.5. The van der Waals surface area contributed by atoms with E-state index in [0.717, 1.165) is 0 Å². The van der Waals surface area contributed by atoms with Crippen LogP contribution >= 0.6 is 11.6 Å². The van der Waals surface area contributed by atoms with Crippen molar-refractivity contribution >= 4 is 29.1 Å². The first-order valence-corrected chi connectivity index (χ1v) is 6.04. The molecule has 0 aromatic heterocycles. The lowest BCUT2D eigenvalue weighted by atomic mass is 10.3. The van der Waals surface area contributed by atoms with Gasteiger partial charge >= 0.3 is 11.8 Å². The van der Waals surface area contributed by atoms with Gasteiger partial charge in [-0.3, -0.25) is 9.59 Å². The second kappa shape index (κ2) is 7.38. The Kier molecular flexibility index (Phi) is 5.82. The van der Waals surface area contributed by atoms with Crippen LogP contribution in [0, 0.1) is 0 Å². The van der Waals surface area contributed by atoms with Gasteiger partial charge in [0, 0.05) is 23.8 Å². The number of amides is 2. The average Bonchev–Trinajstić information content (AvgIpc) is 2.37. The van der Waals surface area contributed by atoms with Crippen LogP contribution in [-0.4, -0.2) is 29.8 Å². The lowest BCUT2D eigenvalue weighted by molar-refractivity contribution is -0.142. The zero-order chi connectivity index (χ0) is 14.3. The first kappa shape index (κ1) is 15.0. The molecule has 1 N–H and O–H groups in total. The molecule has 5 heteroatoms. The smallest absolute Gasteiger partial charge is 0.313 e. The molecule has 100 valence electrons. The second-order valence-corrected chi connectivity index (χ2v) is 4.19. The van der Waals surface area contributed by atoms with E-state index in [0.29, 0.717) is 10.7 Å². The van der Waals surface area contributed by atoms with E-state index in [1.807, 2.05) is 0 Å². The SMILES string of the molecule is C=CCN(CC=C)C(=O)C(=O)Nc1cccc(Cl)c1. The number of nitrogens with one attached hydrogen (secondary N) is 1. The minimum atomic E-state index is -0.717. The number of carbonyl (C=O) groups excluding carboxylic acids is 2. The lowest BCUT2D eigenvalue weighted by Crippen LogP contribution is -2.39. The van der Waals surface area contributed by atoms with Crippen molar-refractivity contribution in [2.75, 3.05) is 18.4 Å². The van der Waals surface area contributed by atoms with Crippen molar-refractivity contribution in [3.8, 4) is 0 Å². The third kappa shape index (κ3) is 4.60. The van der Waals surface area contributed by atoms with Gasteiger partial charge < -0.3 is 10.2 Å². The molecule has 0 unspecified atom stereocenters. The van der Waals surface area contributed by atoms with Crippen LogP contribution in [-0.2, 0) is 9.59 Å². The Labute approximate surface area is 117 Å². The van der Waals surface area contributed by atoms with Crippen molar-refractivity contribution in [2.45, 2.75) is 0 Å². The summed E-state index contributed by atoms with van der Waals surface area (Å²) in [6.07, 6.45) is 3.10. The maximum atomic E-state index is 11.9. The van der Waals surface area contributed by atoms with Gasteiger partial charge in [0.2, 0.25) is 0 Å². The fraction of sp³-hybridized carbons (Fsp3) is 0.143. The standard InChI is InChI=1S/C14H15ClN2O2/c1-3-8-17(9-4-2)14(19)13(18)16-12-7-5-6-11(15)10-12/h3-7,10H,1-2,8-9H2,(H,16,18). The Hall–Kier alpha value is -2.07. The molecule has 0 heterocycles. The second-order valence-electron chi connectivity index (χ2n) is 3.75. The Morgan fingerprint density at radius 3 is 2.42 bits per heavy atom. The van der Waals surface area contributed by atoms with Crippen LogP contribution in [0.2, 0.25) is 5.02 Å². The summed E-state index contributed by atoms with van der Waals surface area (Å²) in [6.45, 7) is 7.66. The van der Waals surface area contributed by atoms with Gasteiger partial charge in [0.15, 0.2) is 0 Å². The molecule has 1 aromatic rings. The Morgan fingerprint density at radius 2 is 1.89 bits per heavy atom. The predicted octanol–water partition coefficient (Wildman–Crippen LogP) is 2.48. The molecule has 0 saturated carbocycles. The van der Waals surface area contributed by atoms with E-state index in [4.69, 9.17) is 11.6 Å². The van der Waals surface area contributed by atoms with E-state index in [-0.39, 0.29) is 13.1 Å². The van der Waals surface area contributed by atoms with Crippen LogP contribution in [0.3, 0.4) is 0 Å². The third-order valence-corrected chi connectivity index (χ3v) is 2.50. The third-order valence-electron chi connectivity index (χ3n) is 2.26. The zero-order valence-electron chi connectivity index (χ0n) is 10.4. The minimum absolute atomic E-state index is 0.286. The molecule has 0 spiro atoms. The molecule has 0 bridgehead atoms. The summed E-state index contributed by atoms with van der Waals surface area (Å²) in [4.78, 5) is 25.0. The van der Waals surface area contributed by atoms with Crippen molar-refractivity contribution in [3.05, 3.63) is 54.6 Å². The van der Waals surface area contributed by atoms with Crippen LogP contribution in [0.5, 0.6) is 0 Å². The Balaban J connectivity index is 2.73. The minimum Gasteiger partial charge on any atom is -0.327 e. The molecule has 0 radical (unpaired) electrons. The van der Waals surface area contributed by atoms with Gasteiger partial charge in [-0.2, -0.15) is 0 Å². The molecule has 0 atom stereocenters. The van der Waals surface area contributed by atoms with Crippen LogP contribution in [0.4, 0.5) is 5.69 Å². The molecule has 2 amide bonds. The first-order valence-electron chi connectivity index (χ1n) is 5.66. The molecule has 1 rings (SSSR count). The molecule has 0 aliphatic rings. The van der Waals surface area contributed by atoms with Gasteiger partial charge in [0.05, 0.1) is 0 Å². The van der Waals surface area contributed by atoms with Gasteiger partial charge in [-0.25, -0.2) is 0 Å². The molecule has 0 aliphatic carbocycles. The number of anilines is 1. The van der Waals surface area contributed by atoms with Gasteiger partial charge in [0.1, 0.15) is 0 Å². The highest BCUT2D eigenvalue weighted by molar-refractivity contribution is 6.39. The highest BCUT2D eigenvalue weighted by Gasteiger charge is 2.19. The van der Waals surface area contributed by atoms with E-state index in [2.05, 4.69) is 18.5 Å². The van der Waals surface area contributed by atoms with Crippen molar-refractivity contribution in [1.29, 1.82) is 0 Å². The zero-order valence-corrected chi connectivity index (χ0v) is 11.2. The quantitative estimate of drug-likeness (QED) is 0.664. The maximum absolute atomic E-state index is 11.9. The number of benzene rings is 1. The number of carbonyl (C=O) groups is 2. The molecule has 4 nitrogen and oxygen atoms in total. The first-order chi connectivity index (χ1) is 9.08. The van der Waals surface area contributed by atoms with Crippen molar-refractivity contribution < 1.29 is 9.59 Å². The van der Waals surface area contributed by atoms with Crippen LogP contribution < -0.4 is 5.32 Å². The largest absolute Gasteiger partial charge is 0.327 e. The van der Waals surface area contributed by atoms with Crippen LogP contribution in [0.1, 0.15) is 0 Å². The van der Waals surface area contributed by atoms with E-state index in [1.165, 1.54) is 4.90 Å². The van der Waals surface area contributed by atoms with Gasteiger partial charge in [0.25, 0.3) is 0 Å². The Bertz CT molecular complexity index is 490. The summed E-state index contributed by atoms with van der Waals surface area (Å²) in [5.74, 6) is -1.36. The summed E-state index contributed by atoms with van der Waals surface area (Å²) in [5.41, 5.74) is 0.475. The normalized spacial score (nSPS) is 9.53. The number of hydrogen-bond donors (Lipinski definition) is 1. The van der Waals surface area contributed by atoms with Crippen LogP contribution in [0.15, 0.2) is 49.6 Å². The fourth-order valence-electron chi connectivity index (χ4n) is 1.45. The summed E-state index contributed by atoms with van der Waals surface area (Å²) in [5, 5.41) is 2.98. The van der Waals surface area contributed by atoms with Crippen molar-refractivity contribution in [3.63, 3.8) is 0 Å². The highest BCUT2D eigenvalue weighted by Crippen LogP contribution is 2.14. The summed E-state index contributed by atoms with van der Waals surface area (Å²) >= 11 is 5.80. The summed E-state index contributed by atoms with van der Waals surface area (Å²) in [6, 6.07) is 6.59. The van der Waals surface area contributed by atoms with E-state index in [1.54, 1.807) is 36.4 Å². The van der Waals surface area contributed by atoms with Gasteiger partial charge in [-0.05, 0) is 18.2 Å². The molecular weight excluding hydrogens is 264 g/mol. The maximum Gasteiger partial charge on any atom is 0.313 e. The van der Waals surface area contributed by atoms with Gasteiger partial charge in [-0.1, -0.05) is 29.8 Å². The molecular formula is C14H15ClN2O2. The predicted molar refractivity (Wildman–Crippen MR) is 77.1 cm³/mol. The van der Waals surface area contributed by atoms with Crippen molar-refractivity contribution in [2.24, 2.45) is 0 Å². The van der Waals surface area contributed by atoms with E-state index in [9.17, 15) is 9.59 Å². The van der Waals surface area contributed by atoms with Crippen LogP contribution in [0.25, 0.3) is 0 Å². The fourth-order valence-corrected chi connectivity index (χ4v) is 1.64. The molecule has 0 aliphatic heterocycles. The molecule has 0 saturated heterocycles. The molecule has 0 fully saturated rings. The summed E-state index contributed by atoms with van der Waals surface area (Å²) in [7, 11) is 0. The number of nitrogens with zero attached hydrogens (tertiary/aromatic N) is 1. The number of hydrogen-bond acceptors (Lipinski definition) is 2. The van der Waals surface area contributed by atoms with Gasteiger partial charge in [-0.15, -0.1) is 13.2 Å². The van der Waals surface area contributed by atoms with E-state index < -0.39 is 11.8 Å². The lowest BCUT2D eigenvalue weighted by Gasteiger charge is -2.18. The van der Waals surface area contributed by atoms with E-state index >= 15 is 0 Å². The average molecular weight is 279 g/mol. The molecule has 19 heavy (non-hydrogen) atoms.